The van der Waals surface area contributed by atoms with Crippen LogP contribution in [0.4, 0.5) is 0 Å². The second kappa shape index (κ2) is 9.60. The molecule has 0 saturated heterocycles. The van der Waals surface area contributed by atoms with Crippen molar-refractivity contribution in [3.05, 3.63) is 101 Å². The Labute approximate surface area is 199 Å². The van der Waals surface area contributed by atoms with Crippen LogP contribution in [0.25, 0.3) is 6.08 Å². The molecule has 6 heteroatoms. The molecule has 2 N–H and O–H groups in total. The number of amides is 1. The zero-order valence-electron chi connectivity index (χ0n) is 14.8. The Morgan fingerprint density at radius 2 is 1.67 bits per heavy atom. The second-order valence-electron chi connectivity index (χ2n) is 5.51. The van der Waals surface area contributed by atoms with Gasteiger partial charge in [0.2, 0.25) is 0 Å². The molecule has 0 spiro atoms. The summed E-state index contributed by atoms with van der Waals surface area (Å²) < 4.78 is 0. The van der Waals surface area contributed by atoms with Crippen LogP contribution in [-0.2, 0) is 0 Å². The number of aliphatic hydroxyl groups is 1. The third-order valence-electron chi connectivity index (χ3n) is 3.86. The Hall–Kier alpha value is -2.27. The first-order valence-corrected chi connectivity index (χ1v) is 7.89. The van der Waals surface area contributed by atoms with E-state index in [1.54, 1.807) is 48.6 Å². The molecule has 0 unspecified atom stereocenters. The SMILES string of the molecule is N#CC1=C(O)/C(=C\C=C\c2ccccc2)N(C(=O)c2ccccc2)C1=N.[K+]. The first-order valence-electron chi connectivity index (χ1n) is 7.89. The van der Waals surface area contributed by atoms with Gasteiger partial charge in [-0.1, -0.05) is 60.7 Å². The molecule has 126 valence electrons. The fourth-order valence-electron chi connectivity index (χ4n) is 2.57. The predicted octanol–water partition coefficient (Wildman–Crippen LogP) is 1.06. The van der Waals surface area contributed by atoms with Crippen molar-refractivity contribution in [2.45, 2.75) is 0 Å². The van der Waals surface area contributed by atoms with Gasteiger partial charge >= 0.3 is 51.4 Å². The van der Waals surface area contributed by atoms with E-state index in [1.807, 2.05) is 30.3 Å². The van der Waals surface area contributed by atoms with Gasteiger partial charge in [-0.05, 0) is 23.8 Å². The fraction of sp³-hybridized carbons (Fsp3) is 0. The maximum atomic E-state index is 12.8. The minimum Gasteiger partial charge on any atom is -0.504 e. The normalized spacial score (nSPS) is 15.1. The molecule has 27 heavy (non-hydrogen) atoms. The molecular formula is C21H15KN3O2+. The average Bonchev–Trinajstić information content (AvgIpc) is 2.92. The summed E-state index contributed by atoms with van der Waals surface area (Å²) in [6.45, 7) is 0. The van der Waals surface area contributed by atoms with Crippen molar-refractivity contribution in [2.24, 2.45) is 0 Å². The van der Waals surface area contributed by atoms with E-state index in [1.165, 1.54) is 6.08 Å². The van der Waals surface area contributed by atoms with Gasteiger partial charge in [-0.2, -0.15) is 5.26 Å². The summed E-state index contributed by atoms with van der Waals surface area (Å²) in [4.78, 5) is 13.8. The number of carbonyl (C=O) groups is 1. The molecule has 0 saturated carbocycles. The van der Waals surface area contributed by atoms with Crippen molar-refractivity contribution in [3.8, 4) is 6.07 Å². The van der Waals surface area contributed by atoms with Crippen molar-refractivity contribution >= 4 is 17.8 Å². The van der Waals surface area contributed by atoms with Gasteiger partial charge in [0.25, 0.3) is 5.91 Å². The predicted molar refractivity (Wildman–Crippen MR) is 99.2 cm³/mol. The molecule has 5 nitrogen and oxygen atoms in total. The molecule has 3 rings (SSSR count). The molecule has 1 aliphatic rings. The van der Waals surface area contributed by atoms with Crippen molar-refractivity contribution in [3.63, 3.8) is 0 Å². The van der Waals surface area contributed by atoms with Gasteiger partial charge < -0.3 is 5.11 Å². The number of nitriles is 1. The quantitative estimate of drug-likeness (QED) is 0.781. The summed E-state index contributed by atoms with van der Waals surface area (Å²) >= 11 is 0. The van der Waals surface area contributed by atoms with Crippen molar-refractivity contribution in [1.29, 1.82) is 10.7 Å². The van der Waals surface area contributed by atoms with E-state index in [-0.39, 0.29) is 74.2 Å². The summed E-state index contributed by atoms with van der Waals surface area (Å²) in [5.41, 5.74) is 1.19. The van der Waals surface area contributed by atoms with E-state index < -0.39 is 5.91 Å². The number of carbonyl (C=O) groups excluding carboxylic acids is 1. The number of aliphatic hydroxyl groups excluding tert-OH is 1. The summed E-state index contributed by atoms with van der Waals surface area (Å²) in [6.07, 6.45) is 4.99. The molecule has 0 bridgehead atoms. The van der Waals surface area contributed by atoms with Gasteiger partial charge in [-0.25, -0.2) is 0 Å². The number of amidine groups is 1. The fourth-order valence-corrected chi connectivity index (χ4v) is 2.57. The second-order valence-corrected chi connectivity index (χ2v) is 5.51. The molecule has 2 aromatic carbocycles. The summed E-state index contributed by atoms with van der Waals surface area (Å²) in [7, 11) is 0. The number of hydrogen-bond donors (Lipinski definition) is 2. The maximum Gasteiger partial charge on any atom is 1.00 e. The van der Waals surface area contributed by atoms with E-state index in [4.69, 9.17) is 5.41 Å². The van der Waals surface area contributed by atoms with Crippen LogP contribution >= 0.6 is 0 Å². The number of nitrogens with zero attached hydrogens (tertiary/aromatic N) is 2. The Balaban J connectivity index is 0.00000261. The van der Waals surface area contributed by atoms with Crippen LogP contribution < -0.4 is 51.4 Å². The van der Waals surface area contributed by atoms with Gasteiger partial charge in [0.05, 0.1) is 5.70 Å². The van der Waals surface area contributed by atoms with Gasteiger partial charge in [0.15, 0.2) is 11.6 Å². The molecule has 0 aromatic heterocycles. The maximum absolute atomic E-state index is 12.8. The average molecular weight is 380 g/mol. The molecule has 1 amide bonds. The minimum atomic E-state index is -0.480. The van der Waals surface area contributed by atoms with Crippen LogP contribution in [0.15, 0.2) is 89.8 Å². The number of nitrogens with one attached hydrogen (secondary N) is 1. The molecule has 1 heterocycles. The Morgan fingerprint density at radius 1 is 1.07 bits per heavy atom. The molecule has 1 aliphatic heterocycles. The van der Waals surface area contributed by atoms with E-state index in [9.17, 15) is 15.2 Å². The molecule has 2 aromatic rings. The van der Waals surface area contributed by atoms with Crippen molar-refractivity contribution in [2.75, 3.05) is 0 Å². The molecule has 0 aliphatic carbocycles. The van der Waals surface area contributed by atoms with Gasteiger partial charge in [0.1, 0.15) is 11.6 Å². The van der Waals surface area contributed by atoms with Gasteiger partial charge in [-0.15, -0.1) is 0 Å². The third kappa shape index (κ3) is 4.53. The van der Waals surface area contributed by atoms with Crippen LogP contribution in [0.5, 0.6) is 0 Å². The number of hydrogen-bond acceptors (Lipinski definition) is 4. The zero-order valence-corrected chi connectivity index (χ0v) is 17.9. The van der Waals surface area contributed by atoms with E-state index in [0.29, 0.717) is 5.56 Å². The Kier molecular flexibility index (Phi) is 7.48. The van der Waals surface area contributed by atoms with Crippen LogP contribution in [-0.4, -0.2) is 21.7 Å². The molecular weight excluding hydrogens is 365 g/mol. The molecule has 0 fully saturated rings. The minimum absolute atomic E-state index is 0. The van der Waals surface area contributed by atoms with Gasteiger partial charge in [0, 0.05) is 5.56 Å². The van der Waals surface area contributed by atoms with E-state index >= 15 is 0 Å². The molecule has 0 radical (unpaired) electrons. The number of benzene rings is 2. The summed E-state index contributed by atoms with van der Waals surface area (Å²) in [5, 5.41) is 27.6. The third-order valence-corrected chi connectivity index (χ3v) is 3.86. The van der Waals surface area contributed by atoms with Gasteiger partial charge in [-0.3, -0.25) is 15.1 Å². The first-order chi connectivity index (χ1) is 12.6. The zero-order chi connectivity index (χ0) is 18.5. The molecule has 0 atom stereocenters. The van der Waals surface area contributed by atoms with E-state index in [2.05, 4.69) is 0 Å². The Morgan fingerprint density at radius 3 is 2.26 bits per heavy atom. The van der Waals surface area contributed by atoms with Crippen LogP contribution in [0, 0.1) is 16.7 Å². The Bertz CT molecular complexity index is 987. The van der Waals surface area contributed by atoms with Crippen LogP contribution in [0.1, 0.15) is 15.9 Å². The number of rotatable bonds is 3. The smallest absolute Gasteiger partial charge is 0.504 e. The van der Waals surface area contributed by atoms with E-state index in [0.717, 1.165) is 10.5 Å². The summed E-state index contributed by atoms with van der Waals surface area (Å²) in [5.74, 6) is -1.19. The van der Waals surface area contributed by atoms with Crippen LogP contribution in [0.2, 0.25) is 0 Å². The summed E-state index contributed by atoms with van der Waals surface area (Å²) in [6, 6.07) is 19.8. The largest absolute Gasteiger partial charge is 1.00 e. The number of allylic oxidation sites excluding steroid dienone is 2. The topological polar surface area (TPSA) is 88.2 Å². The van der Waals surface area contributed by atoms with Crippen molar-refractivity contribution in [1.82, 2.24) is 4.90 Å². The van der Waals surface area contributed by atoms with Crippen molar-refractivity contribution < 1.29 is 61.3 Å². The van der Waals surface area contributed by atoms with Crippen LogP contribution in [0.3, 0.4) is 0 Å². The first kappa shape index (κ1) is 21.0. The standard InChI is InChI=1S/C21H15N3O2.K/c22-14-17-19(25)18(13-7-10-15-8-3-1-4-9-15)24(20(17)23)21(26)16-11-5-2-6-12-16;/h1-13,23,25H;/q;+1/b10-7+,18-13+,23-20?;. The monoisotopic (exact) mass is 380 g/mol.